The predicted molar refractivity (Wildman–Crippen MR) is 171 cm³/mol. The number of anilines is 1. The number of halogens is 2. The molecule has 5 fully saturated rings. The fraction of sp³-hybridized carbons (Fsp3) is 0.361. The van der Waals surface area contributed by atoms with Crippen LogP contribution < -0.4 is 19.7 Å². The lowest BCUT2D eigenvalue weighted by atomic mass is 9.48. The molecule has 4 amide bonds. The lowest BCUT2D eigenvalue weighted by Crippen LogP contribution is -2.54. The third-order valence-electron chi connectivity index (χ3n) is 9.88. The van der Waals surface area contributed by atoms with E-state index in [4.69, 9.17) is 9.47 Å². The summed E-state index contributed by atoms with van der Waals surface area (Å²) in [5.41, 5.74) is 2.56. The van der Waals surface area contributed by atoms with E-state index < -0.39 is 17.8 Å². The lowest BCUT2D eigenvalue weighted by Gasteiger charge is -2.57. The smallest absolute Gasteiger partial charge is 0.335 e. The molecule has 232 valence electrons. The summed E-state index contributed by atoms with van der Waals surface area (Å²) in [5.74, 6) is 1.27. The Balaban J connectivity index is 1.14. The molecule has 1 heterocycles. The Morgan fingerprint density at radius 3 is 2.22 bits per heavy atom. The average molecular weight is 674 g/mol. The van der Waals surface area contributed by atoms with Crippen LogP contribution in [-0.4, -0.2) is 24.5 Å². The van der Waals surface area contributed by atoms with Crippen LogP contribution in [0.4, 0.5) is 14.9 Å². The number of nitrogens with one attached hydrogen (secondary N) is 1. The molecule has 0 atom stereocenters. The zero-order valence-electron chi connectivity index (χ0n) is 25.0. The zero-order chi connectivity index (χ0) is 31.3. The number of carbonyl (C=O) groups is 3. The summed E-state index contributed by atoms with van der Waals surface area (Å²) >= 11 is 3.51. The van der Waals surface area contributed by atoms with E-state index >= 15 is 0 Å². The van der Waals surface area contributed by atoms with Crippen molar-refractivity contribution in [3.05, 3.63) is 93.2 Å². The first-order valence-corrected chi connectivity index (χ1v) is 16.4. The van der Waals surface area contributed by atoms with Crippen LogP contribution >= 0.6 is 15.9 Å². The van der Waals surface area contributed by atoms with Gasteiger partial charge in [-0.2, -0.15) is 0 Å². The normalized spacial score (nSPS) is 26.4. The summed E-state index contributed by atoms with van der Waals surface area (Å²) < 4.78 is 26.3. The Labute approximate surface area is 269 Å². The predicted octanol–water partition coefficient (Wildman–Crippen LogP) is 7.70. The zero-order valence-corrected chi connectivity index (χ0v) is 26.6. The number of nitrogens with zero attached hydrogens (tertiary/aromatic N) is 1. The Bertz CT molecular complexity index is 1680. The molecule has 4 aliphatic carbocycles. The summed E-state index contributed by atoms with van der Waals surface area (Å²) in [4.78, 5) is 40.6. The molecular formula is C36H34BrFN2O5. The van der Waals surface area contributed by atoms with Crippen molar-refractivity contribution in [2.75, 3.05) is 11.5 Å². The lowest BCUT2D eigenvalue weighted by molar-refractivity contribution is -0.122. The van der Waals surface area contributed by atoms with Crippen molar-refractivity contribution < 1.29 is 28.2 Å². The molecule has 8 rings (SSSR count). The van der Waals surface area contributed by atoms with E-state index in [1.165, 1.54) is 56.2 Å². The molecular weight excluding hydrogens is 639 g/mol. The monoisotopic (exact) mass is 672 g/mol. The van der Waals surface area contributed by atoms with Gasteiger partial charge in [-0.1, -0.05) is 46.3 Å². The summed E-state index contributed by atoms with van der Waals surface area (Å²) in [6, 6.07) is 16.6. The maximum absolute atomic E-state index is 14.1. The van der Waals surface area contributed by atoms with E-state index in [1.807, 2.05) is 19.1 Å². The molecule has 45 heavy (non-hydrogen) atoms. The Morgan fingerprint density at radius 2 is 1.58 bits per heavy atom. The molecule has 3 aromatic carbocycles. The van der Waals surface area contributed by atoms with E-state index in [2.05, 4.69) is 33.4 Å². The molecule has 0 radical (unpaired) electrons. The Kier molecular flexibility index (Phi) is 7.76. The molecule has 1 N–H and O–H groups in total. The number of carbonyl (C=O) groups excluding carboxylic acids is 3. The molecule has 0 unspecified atom stereocenters. The minimum absolute atomic E-state index is 0.0146. The van der Waals surface area contributed by atoms with Gasteiger partial charge in [0.1, 0.15) is 18.0 Å². The molecule has 1 aliphatic heterocycles. The molecule has 4 saturated carbocycles. The van der Waals surface area contributed by atoms with Crippen LogP contribution in [0.3, 0.4) is 0 Å². The van der Waals surface area contributed by atoms with Gasteiger partial charge >= 0.3 is 6.03 Å². The second kappa shape index (κ2) is 11.7. The third kappa shape index (κ3) is 5.56. The number of hydrogen-bond donors (Lipinski definition) is 1. The molecule has 5 aliphatic rings. The maximum atomic E-state index is 14.1. The topological polar surface area (TPSA) is 84.9 Å². The molecule has 1 saturated heterocycles. The highest BCUT2D eigenvalue weighted by Gasteiger charge is 2.51. The first-order chi connectivity index (χ1) is 21.7. The Hall–Kier alpha value is -3.98. The Morgan fingerprint density at radius 1 is 0.933 bits per heavy atom. The third-order valence-corrected chi connectivity index (χ3v) is 10.6. The van der Waals surface area contributed by atoms with Crippen LogP contribution in [0, 0.1) is 23.6 Å². The molecule has 9 heteroatoms. The van der Waals surface area contributed by atoms with E-state index in [0.29, 0.717) is 39.4 Å². The standard InChI is InChI=1S/C36H34BrFN2O5/c1-2-44-31-15-25(29(37)16-32(31)45-20-24-5-3-4-6-30(24)38)14-28-33(41)39-35(43)40(34(28)42)27-9-7-26(8-10-27)36-17-21-11-22(18-36)13-23(12-21)19-36/h3-10,14-16,21-23H,2,11-13,17-20H2,1H3,(H,39,41,43)/b28-14+. The van der Waals surface area contributed by atoms with Crippen molar-refractivity contribution in [1.82, 2.24) is 5.32 Å². The number of amides is 4. The quantitative estimate of drug-likeness (QED) is 0.196. The summed E-state index contributed by atoms with van der Waals surface area (Å²) in [5, 5.41) is 2.32. The molecule has 0 spiro atoms. The van der Waals surface area contributed by atoms with Crippen molar-refractivity contribution >= 4 is 45.5 Å². The van der Waals surface area contributed by atoms with Gasteiger partial charge < -0.3 is 9.47 Å². The van der Waals surface area contributed by atoms with Crippen LogP contribution in [0.5, 0.6) is 11.5 Å². The van der Waals surface area contributed by atoms with E-state index in [9.17, 15) is 18.8 Å². The van der Waals surface area contributed by atoms with E-state index in [1.54, 1.807) is 30.3 Å². The first-order valence-electron chi connectivity index (χ1n) is 15.6. The summed E-state index contributed by atoms with van der Waals surface area (Å²) in [7, 11) is 0. The number of imide groups is 2. The SMILES string of the molecule is CCOc1cc(/C=C2\C(=O)NC(=O)N(c3ccc(C45CC6CC(CC(C6)C4)C5)cc3)C2=O)c(Br)cc1OCc1ccccc1F. The number of urea groups is 1. The van der Waals surface area contributed by atoms with Crippen molar-refractivity contribution in [2.45, 2.75) is 57.5 Å². The fourth-order valence-corrected chi connectivity index (χ4v) is 8.73. The van der Waals surface area contributed by atoms with Gasteiger partial charge in [0.25, 0.3) is 11.8 Å². The van der Waals surface area contributed by atoms with Gasteiger partial charge in [-0.3, -0.25) is 14.9 Å². The van der Waals surface area contributed by atoms with Gasteiger partial charge in [0.2, 0.25) is 0 Å². The van der Waals surface area contributed by atoms with Gasteiger partial charge in [-0.15, -0.1) is 0 Å². The minimum Gasteiger partial charge on any atom is -0.490 e. The van der Waals surface area contributed by atoms with Crippen molar-refractivity contribution in [1.29, 1.82) is 0 Å². The second-order valence-corrected chi connectivity index (χ2v) is 13.7. The van der Waals surface area contributed by atoms with E-state index in [0.717, 1.165) is 22.7 Å². The average Bonchev–Trinajstić information content (AvgIpc) is 3.00. The molecule has 3 aromatic rings. The molecule has 4 bridgehead atoms. The maximum Gasteiger partial charge on any atom is 0.335 e. The van der Waals surface area contributed by atoms with Crippen LogP contribution in [0.2, 0.25) is 0 Å². The summed E-state index contributed by atoms with van der Waals surface area (Å²) in [6.07, 6.45) is 9.14. The van der Waals surface area contributed by atoms with Gasteiger partial charge in [0.05, 0.1) is 12.3 Å². The van der Waals surface area contributed by atoms with Crippen molar-refractivity contribution in [2.24, 2.45) is 17.8 Å². The van der Waals surface area contributed by atoms with Crippen LogP contribution in [0.15, 0.2) is 70.7 Å². The van der Waals surface area contributed by atoms with Crippen molar-refractivity contribution in [3.8, 4) is 11.5 Å². The highest BCUT2D eigenvalue weighted by atomic mass is 79.9. The van der Waals surface area contributed by atoms with Gasteiger partial charge in [0, 0.05) is 10.0 Å². The van der Waals surface area contributed by atoms with Crippen LogP contribution in [0.25, 0.3) is 6.08 Å². The van der Waals surface area contributed by atoms with Gasteiger partial charge in [0.15, 0.2) is 11.5 Å². The minimum atomic E-state index is -0.782. The molecule has 7 nitrogen and oxygen atoms in total. The highest BCUT2D eigenvalue weighted by Crippen LogP contribution is 2.60. The number of benzene rings is 3. The number of rotatable bonds is 8. The highest BCUT2D eigenvalue weighted by molar-refractivity contribution is 9.10. The van der Waals surface area contributed by atoms with Gasteiger partial charge in [-0.05, 0) is 116 Å². The number of ether oxygens (including phenoxy) is 2. The van der Waals surface area contributed by atoms with Gasteiger partial charge in [-0.25, -0.2) is 14.1 Å². The fourth-order valence-electron chi connectivity index (χ4n) is 8.29. The summed E-state index contributed by atoms with van der Waals surface area (Å²) in [6.45, 7) is 2.13. The van der Waals surface area contributed by atoms with Crippen LogP contribution in [0.1, 0.15) is 62.1 Å². The number of barbiturate groups is 1. The first kappa shape index (κ1) is 29.7. The molecule has 0 aromatic heterocycles. The van der Waals surface area contributed by atoms with Crippen molar-refractivity contribution in [3.63, 3.8) is 0 Å². The number of hydrogen-bond acceptors (Lipinski definition) is 5. The second-order valence-electron chi connectivity index (χ2n) is 12.8. The van der Waals surface area contributed by atoms with Crippen LogP contribution in [-0.2, 0) is 21.6 Å². The largest absolute Gasteiger partial charge is 0.490 e. The van der Waals surface area contributed by atoms with E-state index in [-0.39, 0.29) is 23.4 Å².